The highest BCUT2D eigenvalue weighted by Crippen LogP contribution is 2.35. The number of anilines is 1. The molecule has 4 rings (SSSR count). The van der Waals surface area contributed by atoms with Gasteiger partial charge in [0.1, 0.15) is 5.54 Å². The first kappa shape index (κ1) is 20.1. The number of fused-ring (bicyclic) bond motifs is 1. The first-order valence-electron chi connectivity index (χ1n) is 10.0. The molecule has 4 amide bonds. The molecule has 9 nitrogen and oxygen atoms in total. The lowest BCUT2D eigenvalue weighted by Gasteiger charge is -2.19. The fraction of sp³-hybridized carbons (Fsp3) is 0.476. The van der Waals surface area contributed by atoms with Crippen LogP contribution in [-0.2, 0) is 25.5 Å². The number of urea groups is 1. The number of rotatable bonds is 6. The van der Waals surface area contributed by atoms with Crippen molar-refractivity contribution in [3.8, 4) is 0 Å². The molecule has 3 aliphatic rings. The zero-order chi connectivity index (χ0) is 21.5. The van der Waals surface area contributed by atoms with Crippen molar-refractivity contribution in [3.05, 3.63) is 29.3 Å². The van der Waals surface area contributed by atoms with Crippen molar-refractivity contribution in [1.29, 1.82) is 0 Å². The predicted molar refractivity (Wildman–Crippen MR) is 105 cm³/mol. The summed E-state index contributed by atoms with van der Waals surface area (Å²) in [6.45, 7) is -0.516. The van der Waals surface area contributed by atoms with Gasteiger partial charge in [0, 0.05) is 24.8 Å². The number of hydrogen-bond donors (Lipinski definition) is 1. The van der Waals surface area contributed by atoms with Crippen LogP contribution in [0.1, 0.15) is 48.0 Å². The van der Waals surface area contributed by atoms with E-state index in [1.165, 1.54) is 4.90 Å². The van der Waals surface area contributed by atoms with E-state index < -0.39 is 24.1 Å². The Hall–Kier alpha value is -3.23. The van der Waals surface area contributed by atoms with E-state index in [2.05, 4.69) is 5.32 Å². The number of likely N-dealkylation sites (N-methyl/N-ethyl adjacent to an activating group) is 1. The number of hydrogen-bond acceptors (Lipinski definition) is 6. The summed E-state index contributed by atoms with van der Waals surface area (Å²) in [6.07, 6.45) is 3.07. The molecule has 1 aromatic rings. The Bertz CT molecular complexity index is 950. The lowest BCUT2D eigenvalue weighted by molar-refractivity contribution is -0.143. The van der Waals surface area contributed by atoms with Crippen molar-refractivity contribution >= 4 is 35.3 Å². The molecule has 2 heterocycles. The number of nitrogens with zero attached hydrogens (tertiary/aromatic N) is 2. The Morgan fingerprint density at radius 1 is 1.17 bits per heavy atom. The first-order valence-corrected chi connectivity index (χ1v) is 10.0. The first-order chi connectivity index (χ1) is 14.3. The van der Waals surface area contributed by atoms with E-state index in [-0.39, 0.29) is 37.0 Å². The van der Waals surface area contributed by atoms with E-state index in [0.29, 0.717) is 18.4 Å². The highest BCUT2D eigenvalue weighted by Gasteiger charge is 2.52. The zero-order valence-corrected chi connectivity index (χ0v) is 16.7. The van der Waals surface area contributed by atoms with Gasteiger partial charge in [0.2, 0.25) is 5.91 Å². The average molecular weight is 413 g/mol. The van der Waals surface area contributed by atoms with Gasteiger partial charge in [0.05, 0.1) is 12.8 Å². The Morgan fingerprint density at radius 2 is 1.90 bits per heavy atom. The second-order valence-electron chi connectivity index (χ2n) is 7.98. The monoisotopic (exact) mass is 413 g/mol. The average Bonchev–Trinajstić information content (AvgIpc) is 3.37. The van der Waals surface area contributed by atoms with Crippen LogP contribution in [0, 0.1) is 0 Å². The molecule has 1 saturated carbocycles. The number of Topliss-reactive ketones (excluding diaryl/α,β-unsaturated/α-hetero) is 1. The SMILES string of the molecule is CN1C(=O)Cc2cc(C(=O)COC(=O)CCN3C(=O)NC4(CCCC4)C3=O)ccc21. The molecule has 0 bridgehead atoms. The van der Waals surface area contributed by atoms with Crippen LogP contribution < -0.4 is 10.2 Å². The molecule has 9 heteroatoms. The fourth-order valence-corrected chi connectivity index (χ4v) is 4.34. The number of esters is 1. The molecule has 1 spiro atoms. The maximum absolute atomic E-state index is 12.6. The lowest BCUT2D eigenvalue weighted by Crippen LogP contribution is -2.44. The van der Waals surface area contributed by atoms with Crippen molar-refractivity contribution in [2.45, 2.75) is 44.1 Å². The van der Waals surface area contributed by atoms with Crippen LogP contribution in [-0.4, -0.2) is 60.2 Å². The second kappa shape index (κ2) is 7.55. The zero-order valence-electron chi connectivity index (χ0n) is 16.7. The summed E-state index contributed by atoms with van der Waals surface area (Å²) < 4.78 is 5.03. The van der Waals surface area contributed by atoms with Gasteiger partial charge in [-0.15, -0.1) is 0 Å². The predicted octanol–water partition coefficient (Wildman–Crippen LogP) is 1.19. The molecule has 1 saturated heterocycles. The van der Waals surface area contributed by atoms with E-state index in [0.717, 1.165) is 29.0 Å². The smallest absolute Gasteiger partial charge is 0.325 e. The topological polar surface area (TPSA) is 113 Å². The lowest BCUT2D eigenvalue weighted by atomic mass is 9.98. The van der Waals surface area contributed by atoms with E-state index in [1.807, 2.05) is 0 Å². The standard InChI is InChI=1S/C21H23N3O6/c1-23-15-5-4-13(10-14(15)11-17(23)26)16(25)12-30-18(27)6-9-24-19(28)21(22-20(24)29)7-2-3-8-21/h4-5,10H,2-3,6-9,11-12H2,1H3,(H,22,29). The van der Waals surface area contributed by atoms with Crippen LogP contribution in [0.25, 0.3) is 0 Å². The molecule has 2 fully saturated rings. The summed E-state index contributed by atoms with van der Waals surface area (Å²) in [5.74, 6) is -1.37. The van der Waals surface area contributed by atoms with Crippen LogP contribution in [0.4, 0.5) is 10.5 Å². The maximum atomic E-state index is 12.6. The van der Waals surface area contributed by atoms with Crippen molar-refractivity contribution in [1.82, 2.24) is 10.2 Å². The number of carbonyl (C=O) groups is 5. The van der Waals surface area contributed by atoms with E-state index in [1.54, 1.807) is 25.2 Å². The van der Waals surface area contributed by atoms with Gasteiger partial charge in [-0.05, 0) is 36.6 Å². The number of benzene rings is 1. The van der Waals surface area contributed by atoms with Gasteiger partial charge in [0.25, 0.3) is 5.91 Å². The van der Waals surface area contributed by atoms with Gasteiger partial charge in [-0.3, -0.25) is 24.1 Å². The molecule has 1 aliphatic carbocycles. The molecule has 0 unspecified atom stereocenters. The summed E-state index contributed by atoms with van der Waals surface area (Å²) in [5.41, 5.74) is 1.09. The highest BCUT2D eigenvalue weighted by atomic mass is 16.5. The number of ketones is 1. The summed E-state index contributed by atoms with van der Waals surface area (Å²) in [5, 5.41) is 2.76. The quantitative estimate of drug-likeness (QED) is 0.426. The third kappa shape index (κ3) is 3.44. The van der Waals surface area contributed by atoms with Gasteiger partial charge in [0.15, 0.2) is 12.4 Å². The number of nitrogens with one attached hydrogen (secondary N) is 1. The Morgan fingerprint density at radius 3 is 2.63 bits per heavy atom. The molecule has 158 valence electrons. The number of imide groups is 1. The molecule has 1 aromatic carbocycles. The van der Waals surface area contributed by atoms with Crippen LogP contribution in [0.5, 0.6) is 0 Å². The van der Waals surface area contributed by atoms with E-state index in [9.17, 15) is 24.0 Å². The van der Waals surface area contributed by atoms with Crippen LogP contribution in [0.15, 0.2) is 18.2 Å². The van der Waals surface area contributed by atoms with E-state index >= 15 is 0 Å². The molecule has 0 radical (unpaired) electrons. The molecule has 0 atom stereocenters. The second-order valence-corrected chi connectivity index (χ2v) is 7.98. The van der Waals surface area contributed by atoms with Crippen LogP contribution in [0.3, 0.4) is 0 Å². The van der Waals surface area contributed by atoms with Gasteiger partial charge in [-0.25, -0.2) is 4.79 Å². The van der Waals surface area contributed by atoms with Gasteiger partial charge >= 0.3 is 12.0 Å². The molecule has 30 heavy (non-hydrogen) atoms. The Balaban J connectivity index is 1.28. The fourth-order valence-electron chi connectivity index (χ4n) is 4.34. The normalized spacial score (nSPS) is 19.4. The van der Waals surface area contributed by atoms with Gasteiger partial charge < -0.3 is 15.0 Å². The summed E-state index contributed by atoms with van der Waals surface area (Å²) in [7, 11) is 1.68. The number of amides is 4. The van der Waals surface area contributed by atoms with Crippen molar-refractivity contribution in [2.75, 3.05) is 25.1 Å². The maximum Gasteiger partial charge on any atom is 0.325 e. The molecular weight excluding hydrogens is 390 g/mol. The van der Waals surface area contributed by atoms with E-state index in [4.69, 9.17) is 4.74 Å². The molecule has 2 aliphatic heterocycles. The summed E-state index contributed by atoms with van der Waals surface area (Å²) >= 11 is 0. The summed E-state index contributed by atoms with van der Waals surface area (Å²) in [4.78, 5) is 63.4. The van der Waals surface area contributed by atoms with Crippen molar-refractivity contribution in [3.63, 3.8) is 0 Å². The summed E-state index contributed by atoms with van der Waals surface area (Å²) in [6, 6.07) is 4.45. The third-order valence-corrected chi connectivity index (χ3v) is 6.09. The van der Waals surface area contributed by atoms with Crippen molar-refractivity contribution in [2.24, 2.45) is 0 Å². The largest absolute Gasteiger partial charge is 0.457 e. The Kier molecular flexibility index (Phi) is 5.05. The highest BCUT2D eigenvalue weighted by molar-refractivity contribution is 6.07. The van der Waals surface area contributed by atoms with Crippen LogP contribution >= 0.6 is 0 Å². The minimum absolute atomic E-state index is 0.0408. The number of carbonyl (C=O) groups excluding carboxylic acids is 5. The molecule has 1 N–H and O–H groups in total. The number of ether oxygens (including phenoxy) is 1. The minimum Gasteiger partial charge on any atom is -0.457 e. The van der Waals surface area contributed by atoms with Gasteiger partial charge in [-0.1, -0.05) is 12.8 Å². The minimum atomic E-state index is -0.806. The van der Waals surface area contributed by atoms with Gasteiger partial charge in [-0.2, -0.15) is 0 Å². The van der Waals surface area contributed by atoms with Crippen LogP contribution in [0.2, 0.25) is 0 Å². The Labute approximate surface area is 173 Å². The molecule has 0 aromatic heterocycles. The third-order valence-electron chi connectivity index (χ3n) is 6.09. The molecular formula is C21H23N3O6. The van der Waals surface area contributed by atoms with Crippen molar-refractivity contribution < 1.29 is 28.7 Å².